The molecule has 0 saturated heterocycles. The van der Waals surface area contributed by atoms with Gasteiger partial charge >= 0.3 is 12.4 Å². The second-order valence-corrected chi connectivity index (χ2v) is 8.53. The average Bonchev–Trinajstić information content (AvgIpc) is 2.85. The number of nitrogen functional groups attached to an aromatic ring is 1. The molecule has 15 heteroatoms. The van der Waals surface area contributed by atoms with Gasteiger partial charge in [-0.25, -0.2) is 0 Å². The Morgan fingerprint density at radius 3 is 1.50 bits per heavy atom. The number of aldehydes is 3. The van der Waals surface area contributed by atoms with E-state index in [-0.39, 0.29) is 45.2 Å². The topological polar surface area (TPSA) is 108 Å². The van der Waals surface area contributed by atoms with Crippen LogP contribution in [0.15, 0.2) is 41.4 Å². The van der Waals surface area contributed by atoms with E-state index in [0.29, 0.717) is 18.9 Å². The van der Waals surface area contributed by atoms with Crippen LogP contribution in [0, 0.1) is 0 Å². The van der Waals surface area contributed by atoms with Gasteiger partial charge in [0.05, 0.1) is 31.0 Å². The first kappa shape index (κ1) is 44.1. The zero-order valence-electron chi connectivity index (χ0n) is 19.0. The van der Waals surface area contributed by atoms with Gasteiger partial charge in [0.25, 0.3) is 0 Å². The molecule has 1 unspecified atom stereocenters. The Morgan fingerprint density at radius 2 is 1.15 bits per heavy atom. The molecule has 7 nitrogen and oxygen atoms in total. The fraction of sp³-hybridized carbons (Fsp3) is 0.360. The predicted molar refractivity (Wildman–Crippen MR) is 152 cm³/mol. The summed E-state index contributed by atoms with van der Waals surface area (Å²) in [6.45, 7) is 0. The first-order valence-corrected chi connectivity index (χ1v) is 11.4. The predicted octanol–water partition coefficient (Wildman–Crippen LogP) is 7.73. The minimum atomic E-state index is -4.48. The van der Waals surface area contributed by atoms with E-state index < -0.39 is 33.1 Å². The van der Waals surface area contributed by atoms with Crippen LogP contribution >= 0.6 is 31.9 Å². The van der Waals surface area contributed by atoms with Crippen LogP contribution in [0.1, 0.15) is 33.4 Å². The van der Waals surface area contributed by atoms with Crippen molar-refractivity contribution < 1.29 is 50.2 Å². The summed E-state index contributed by atoms with van der Waals surface area (Å²) in [7, 11) is 2.32. The molecular formula is C25H32Br2F6N2O5. The van der Waals surface area contributed by atoms with Crippen molar-refractivity contribution in [2.45, 2.75) is 44.3 Å². The number of anilines is 1. The number of carbonyl (C=O) groups is 3. The molecule has 2 rings (SSSR count). The fourth-order valence-corrected chi connectivity index (χ4v) is 2.28. The van der Waals surface area contributed by atoms with Crippen molar-refractivity contribution in [3.8, 4) is 11.5 Å². The highest BCUT2D eigenvalue weighted by molar-refractivity contribution is 9.10. The molecule has 2 N–H and O–H groups in total. The van der Waals surface area contributed by atoms with Crippen LogP contribution in [-0.2, 0) is 26.7 Å². The molecule has 0 saturated carbocycles. The standard InChI is InChI=1S/C11H9BrF3NO2.C8H8F3NO.C3H3BrO2.3CH4/c1-18-10-4-8(16-5-7(12)6-17)2-3-9(10)11(13,14)15;1-13-7-4-5(12)2-3-6(7)8(9,10)11;4-3(1-5)2-6;;;/h2-7H,1H3;2-4H,12H2,1H3;1-3H;3*1H4. The van der Waals surface area contributed by atoms with Gasteiger partial charge in [-0.05, 0) is 24.3 Å². The van der Waals surface area contributed by atoms with Crippen molar-refractivity contribution in [1.29, 1.82) is 0 Å². The molecule has 0 aliphatic heterocycles. The van der Waals surface area contributed by atoms with Crippen LogP contribution in [0.3, 0.4) is 0 Å². The van der Waals surface area contributed by atoms with E-state index in [1.165, 1.54) is 25.5 Å². The molecule has 0 aromatic heterocycles. The maximum absolute atomic E-state index is 12.6. The number of halogens is 8. The van der Waals surface area contributed by atoms with E-state index in [2.05, 4.69) is 46.3 Å². The van der Waals surface area contributed by atoms with Crippen LogP contribution in [-0.4, -0.2) is 48.9 Å². The number of rotatable bonds is 7. The Bertz CT molecular complexity index is 1060. The van der Waals surface area contributed by atoms with Crippen molar-refractivity contribution in [2.24, 2.45) is 4.99 Å². The van der Waals surface area contributed by atoms with E-state index in [4.69, 9.17) is 5.73 Å². The lowest BCUT2D eigenvalue weighted by molar-refractivity contribution is -0.139. The fourth-order valence-electron chi connectivity index (χ4n) is 2.16. The molecule has 0 amide bonds. The molecule has 0 heterocycles. The Balaban J connectivity index is -0.000000260. The largest absolute Gasteiger partial charge is 0.496 e. The number of methoxy groups -OCH3 is 2. The first-order chi connectivity index (χ1) is 17.1. The molecule has 0 bridgehead atoms. The minimum Gasteiger partial charge on any atom is -0.496 e. The maximum atomic E-state index is 12.6. The van der Waals surface area contributed by atoms with Crippen molar-refractivity contribution >= 4 is 68.3 Å². The normalized spacial score (nSPS) is 11.1. The summed E-state index contributed by atoms with van der Waals surface area (Å²) in [5.74, 6) is -0.568. The van der Waals surface area contributed by atoms with Gasteiger partial charge in [0.2, 0.25) is 0 Å². The van der Waals surface area contributed by atoms with E-state index in [0.717, 1.165) is 31.4 Å². The number of hydrogen-bond acceptors (Lipinski definition) is 7. The third-order valence-corrected chi connectivity index (χ3v) is 4.66. The SMILES string of the molecule is C.C.C.COc1cc(N)ccc1C(F)(F)F.COc1cc(N=CC(Br)C=O)ccc1C(F)(F)F.O=CC(Br)C=O. The van der Waals surface area contributed by atoms with Crippen LogP contribution in [0.5, 0.6) is 11.5 Å². The van der Waals surface area contributed by atoms with Gasteiger partial charge in [-0.1, -0.05) is 54.1 Å². The van der Waals surface area contributed by atoms with Gasteiger partial charge in [0.1, 0.15) is 40.0 Å². The number of alkyl halides is 8. The smallest absolute Gasteiger partial charge is 0.419 e. The number of nitrogens with two attached hydrogens (primary N) is 1. The molecule has 0 aliphatic rings. The summed E-state index contributed by atoms with van der Waals surface area (Å²) in [6.07, 6.45) is -5.97. The summed E-state index contributed by atoms with van der Waals surface area (Å²) < 4.78 is 83.7. The summed E-state index contributed by atoms with van der Waals surface area (Å²) in [5.41, 5.74) is 4.13. The maximum Gasteiger partial charge on any atom is 0.419 e. The van der Waals surface area contributed by atoms with Gasteiger partial charge in [-0.15, -0.1) is 0 Å². The third kappa shape index (κ3) is 16.2. The Hall–Kier alpha value is -2.94. The average molecular weight is 714 g/mol. The van der Waals surface area contributed by atoms with Gasteiger partial charge in [0, 0.05) is 24.0 Å². The van der Waals surface area contributed by atoms with Crippen molar-refractivity contribution in [1.82, 2.24) is 0 Å². The quantitative estimate of drug-likeness (QED) is 0.0786. The second-order valence-electron chi connectivity index (χ2n) is 6.42. The summed E-state index contributed by atoms with van der Waals surface area (Å²) in [5, 5.41) is 0. The van der Waals surface area contributed by atoms with Gasteiger partial charge < -0.3 is 29.6 Å². The summed E-state index contributed by atoms with van der Waals surface area (Å²) >= 11 is 5.73. The summed E-state index contributed by atoms with van der Waals surface area (Å²) in [6, 6.07) is 6.47. The number of hydrogen-bond donors (Lipinski definition) is 1. The number of carbonyl (C=O) groups excluding carboxylic acids is 3. The highest BCUT2D eigenvalue weighted by atomic mass is 79.9. The van der Waals surface area contributed by atoms with Crippen LogP contribution in [0.4, 0.5) is 37.7 Å². The Kier molecular flexibility index (Phi) is 23.0. The molecule has 2 aromatic carbocycles. The van der Waals surface area contributed by atoms with Gasteiger partial charge in [-0.3, -0.25) is 4.99 Å². The molecule has 2 aromatic rings. The van der Waals surface area contributed by atoms with Gasteiger partial charge in [0.15, 0.2) is 0 Å². The molecule has 0 aliphatic carbocycles. The zero-order chi connectivity index (χ0) is 28.8. The van der Waals surface area contributed by atoms with Crippen molar-refractivity contribution in [2.75, 3.05) is 20.0 Å². The monoisotopic (exact) mass is 712 g/mol. The first-order valence-electron chi connectivity index (χ1n) is 9.58. The lowest BCUT2D eigenvalue weighted by atomic mass is 10.1. The lowest BCUT2D eigenvalue weighted by Crippen LogP contribution is -2.07. The number of benzene rings is 2. The zero-order valence-corrected chi connectivity index (χ0v) is 22.2. The molecular weight excluding hydrogens is 682 g/mol. The van der Waals surface area contributed by atoms with Crippen LogP contribution < -0.4 is 15.2 Å². The molecule has 0 radical (unpaired) electrons. The lowest BCUT2D eigenvalue weighted by Gasteiger charge is -2.11. The van der Waals surface area contributed by atoms with Crippen LogP contribution in [0.2, 0.25) is 0 Å². The van der Waals surface area contributed by atoms with E-state index in [1.54, 1.807) is 0 Å². The molecule has 0 spiro atoms. The number of nitrogens with zero attached hydrogens (tertiary/aromatic N) is 1. The molecule has 40 heavy (non-hydrogen) atoms. The second kappa shape index (κ2) is 20.9. The van der Waals surface area contributed by atoms with Gasteiger partial charge in [-0.2, -0.15) is 26.3 Å². The highest BCUT2D eigenvalue weighted by Gasteiger charge is 2.35. The van der Waals surface area contributed by atoms with E-state index in [1.807, 2.05) is 0 Å². The minimum absolute atomic E-state index is 0. The van der Waals surface area contributed by atoms with E-state index >= 15 is 0 Å². The van der Waals surface area contributed by atoms with Crippen molar-refractivity contribution in [3.05, 3.63) is 47.5 Å². The number of ether oxygens (including phenoxy) is 2. The molecule has 228 valence electrons. The van der Waals surface area contributed by atoms with E-state index in [9.17, 15) is 40.7 Å². The number of aliphatic imine (C=N–C) groups is 1. The molecule has 0 fully saturated rings. The summed E-state index contributed by atoms with van der Waals surface area (Å²) in [4.78, 5) is 31.9. The highest BCUT2D eigenvalue weighted by Crippen LogP contribution is 2.38. The Morgan fingerprint density at radius 1 is 0.750 bits per heavy atom. The third-order valence-electron chi connectivity index (χ3n) is 3.78. The van der Waals surface area contributed by atoms with Crippen LogP contribution in [0.25, 0.3) is 0 Å². The Labute approximate surface area is 246 Å². The van der Waals surface area contributed by atoms with Crippen molar-refractivity contribution in [3.63, 3.8) is 0 Å². The molecule has 1 atom stereocenters.